The third kappa shape index (κ3) is 16.9. The van der Waals surface area contributed by atoms with Crippen LogP contribution in [0.5, 0.6) is 0 Å². The van der Waals surface area contributed by atoms with Gasteiger partial charge in [0, 0.05) is 0 Å². The SMILES string of the molecule is C[N+](C)(C)CCOC(N)=O.[Cl-].[H-].[Na+]. The summed E-state index contributed by atoms with van der Waals surface area (Å²) in [7, 11) is 6.05. The first-order valence-corrected chi connectivity index (χ1v) is 3.14. The van der Waals surface area contributed by atoms with E-state index in [1.807, 2.05) is 21.1 Å². The second kappa shape index (κ2) is 8.13. The van der Waals surface area contributed by atoms with Crippen LogP contribution in [0.4, 0.5) is 4.79 Å². The minimum atomic E-state index is -0.701. The molecule has 0 aliphatic heterocycles. The number of halogens is 1. The number of primary amides is 1. The first kappa shape index (κ1) is 18.3. The van der Waals surface area contributed by atoms with Crippen molar-refractivity contribution in [3.05, 3.63) is 0 Å². The molecule has 0 aliphatic rings. The van der Waals surface area contributed by atoms with Crippen molar-refractivity contribution in [3.63, 3.8) is 0 Å². The molecule has 0 saturated carbocycles. The molecule has 0 aromatic rings. The number of hydrogen-bond acceptors (Lipinski definition) is 2. The van der Waals surface area contributed by atoms with Gasteiger partial charge in [-0.2, -0.15) is 0 Å². The average molecular weight is 207 g/mol. The molecule has 0 unspecified atom stereocenters. The van der Waals surface area contributed by atoms with E-state index in [-0.39, 0.29) is 43.4 Å². The minimum Gasteiger partial charge on any atom is -1.00 e. The molecule has 6 heteroatoms. The molecule has 0 spiro atoms. The van der Waals surface area contributed by atoms with Gasteiger partial charge in [0.15, 0.2) is 0 Å². The number of hydrogen-bond donors (Lipinski definition) is 1. The monoisotopic (exact) mass is 206 g/mol. The van der Waals surface area contributed by atoms with E-state index in [0.29, 0.717) is 6.61 Å². The van der Waals surface area contributed by atoms with Crippen molar-refractivity contribution in [1.29, 1.82) is 0 Å². The van der Waals surface area contributed by atoms with Crippen LogP contribution in [0.25, 0.3) is 0 Å². The maximum atomic E-state index is 10.1. The molecule has 0 aromatic carbocycles. The van der Waals surface area contributed by atoms with Crippen LogP contribution in [0.1, 0.15) is 1.43 Å². The zero-order valence-electron chi connectivity index (χ0n) is 9.13. The number of rotatable bonds is 3. The molecular formula is C6H16ClN2NaO2. The quantitative estimate of drug-likeness (QED) is 0.369. The standard InChI is InChI=1S/C6H14N2O2.ClH.Na.H/c1-8(2,3)4-5-10-6(7)9;;;/h4-5H2,1-3H3,(H-,7,9);1H;;/q;;+1;-1. The smallest absolute Gasteiger partial charge is 1.00 e. The van der Waals surface area contributed by atoms with Crippen LogP contribution in [0.3, 0.4) is 0 Å². The second-order valence-corrected chi connectivity index (χ2v) is 3.18. The molecule has 4 nitrogen and oxygen atoms in total. The number of ether oxygens (including phenoxy) is 1. The zero-order valence-corrected chi connectivity index (χ0v) is 10.9. The van der Waals surface area contributed by atoms with Crippen LogP contribution in [0.15, 0.2) is 0 Å². The summed E-state index contributed by atoms with van der Waals surface area (Å²) in [4.78, 5) is 10.1. The molecule has 0 bridgehead atoms. The molecule has 0 heterocycles. The number of likely N-dealkylation sites (N-methyl/N-ethyl adjacent to an activating group) is 1. The van der Waals surface area contributed by atoms with Crippen LogP contribution in [0, 0.1) is 0 Å². The van der Waals surface area contributed by atoms with Crippen LogP contribution < -0.4 is 47.7 Å². The Morgan fingerprint density at radius 3 is 2.17 bits per heavy atom. The Hall–Kier alpha value is 0.520. The first-order chi connectivity index (χ1) is 4.42. The number of carbonyl (C=O) groups excluding carboxylic acids is 1. The van der Waals surface area contributed by atoms with Crippen LogP contribution >= 0.6 is 0 Å². The fraction of sp³-hybridized carbons (Fsp3) is 0.833. The van der Waals surface area contributed by atoms with Gasteiger partial charge >= 0.3 is 35.7 Å². The summed E-state index contributed by atoms with van der Waals surface area (Å²) in [5, 5.41) is 0. The summed E-state index contributed by atoms with van der Waals surface area (Å²) in [6, 6.07) is 0. The van der Waals surface area contributed by atoms with Gasteiger partial charge < -0.3 is 28.8 Å². The maximum Gasteiger partial charge on any atom is 1.00 e. The van der Waals surface area contributed by atoms with Crippen LogP contribution in [-0.2, 0) is 4.74 Å². The summed E-state index contributed by atoms with van der Waals surface area (Å²) in [5.74, 6) is 0. The largest absolute Gasteiger partial charge is 1.00 e. The third-order valence-electron chi connectivity index (χ3n) is 1.01. The fourth-order valence-corrected chi connectivity index (χ4v) is 0.420. The Kier molecular flexibility index (Phi) is 12.4. The van der Waals surface area contributed by atoms with Gasteiger partial charge in [-0.1, -0.05) is 0 Å². The van der Waals surface area contributed by atoms with Gasteiger partial charge in [-0.25, -0.2) is 4.79 Å². The summed E-state index contributed by atoms with van der Waals surface area (Å²) in [6.07, 6.45) is -0.701. The van der Waals surface area contributed by atoms with Crippen molar-refractivity contribution < 1.29 is 57.4 Å². The van der Waals surface area contributed by atoms with E-state index < -0.39 is 6.09 Å². The van der Waals surface area contributed by atoms with E-state index in [1.54, 1.807) is 0 Å². The molecule has 0 saturated heterocycles. The topological polar surface area (TPSA) is 52.3 Å². The Balaban J connectivity index is -0.000000135. The van der Waals surface area contributed by atoms with E-state index >= 15 is 0 Å². The zero-order chi connectivity index (χ0) is 8.20. The fourth-order valence-electron chi connectivity index (χ4n) is 0.420. The van der Waals surface area contributed by atoms with Crippen molar-refractivity contribution in [2.24, 2.45) is 5.73 Å². The molecule has 0 aromatic heterocycles. The van der Waals surface area contributed by atoms with Gasteiger partial charge in [0.2, 0.25) is 0 Å². The van der Waals surface area contributed by atoms with Crippen molar-refractivity contribution >= 4 is 6.09 Å². The molecule has 0 rings (SSSR count). The molecule has 0 aliphatic carbocycles. The molecule has 12 heavy (non-hydrogen) atoms. The first-order valence-electron chi connectivity index (χ1n) is 3.14. The van der Waals surface area contributed by atoms with Crippen molar-refractivity contribution in [1.82, 2.24) is 0 Å². The summed E-state index contributed by atoms with van der Waals surface area (Å²) < 4.78 is 5.31. The Bertz CT molecular complexity index is 132. The van der Waals surface area contributed by atoms with Gasteiger partial charge in [0.1, 0.15) is 13.2 Å². The molecule has 0 radical (unpaired) electrons. The van der Waals surface area contributed by atoms with Crippen LogP contribution in [-0.4, -0.2) is 44.9 Å². The van der Waals surface area contributed by atoms with Gasteiger partial charge in [-0.3, -0.25) is 0 Å². The number of quaternary nitrogens is 1. The van der Waals surface area contributed by atoms with Crippen molar-refractivity contribution in [2.45, 2.75) is 0 Å². The van der Waals surface area contributed by atoms with Crippen molar-refractivity contribution in [3.8, 4) is 0 Å². The third-order valence-corrected chi connectivity index (χ3v) is 1.01. The van der Waals surface area contributed by atoms with Crippen LogP contribution in [0.2, 0.25) is 0 Å². The Morgan fingerprint density at radius 1 is 1.50 bits per heavy atom. The van der Waals surface area contributed by atoms with E-state index in [9.17, 15) is 4.79 Å². The molecule has 0 atom stereocenters. The van der Waals surface area contributed by atoms with Gasteiger partial charge in [0.25, 0.3) is 0 Å². The van der Waals surface area contributed by atoms with E-state index in [2.05, 4.69) is 4.74 Å². The number of nitrogens with two attached hydrogens (primary N) is 1. The summed E-state index contributed by atoms with van der Waals surface area (Å²) >= 11 is 0. The number of amides is 1. The normalized spacial score (nSPS) is 9.25. The number of carbonyl (C=O) groups is 1. The molecular weight excluding hydrogens is 191 g/mol. The maximum absolute atomic E-state index is 10.1. The molecule has 0 fully saturated rings. The van der Waals surface area contributed by atoms with Crippen molar-refractivity contribution in [2.75, 3.05) is 34.3 Å². The predicted molar refractivity (Wildman–Crippen MR) is 39.5 cm³/mol. The summed E-state index contributed by atoms with van der Waals surface area (Å²) in [5.41, 5.74) is 4.75. The summed E-state index contributed by atoms with van der Waals surface area (Å²) in [6.45, 7) is 1.17. The minimum absolute atomic E-state index is 0. The van der Waals surface area contributed by atoms with E-state index in [4.69, 9.17) is 5.73 Å². The second-order valence-electron chi connectivity index (χ2n) is 3.18. The van der Waals surface area contributed by atoms with Gasteiger partial charge in [-0.05, 0) is 0 Å². The average Bonchev–Trinajstić information content (AvgIpc) is 1.59. The molecule has 70 valence electrons. The van der Waals surface area contributed by atoms with E-state index in [0.717, 1.165) is 11.0 Å². The predicted octanol–water partition coefficient (Wildman–Crippen LogP) is -6.09. The number of nitrogens with zero attached hydrogens (tertiary/aromatic N) is 1. The van der Waals surface area contributed by atoms with Gasteiger partial charge in [0.05, 0.1) is 21.1 Å². The Morgan fingerprint density at radius 2 is 1.92 bits per heavy atom. The van der Waals surface area contributed by atoms with E-state index in [1.165, 1.54) is 0 Å². The van der Waals surface area contributed by atoms with Gasteiger partial charge in [-0.15, -0.1) is 0 Å². The molecule has 2 N–H and O–H groups in total. The Labute approximate surface area is 103 Å². The molecule has 1 amide bonds.